The van der Waals surface area contributed by atoms with Crippen LogP contribution in [0.5, 0.6) is 5.75 Å². The van der Waals surface area contributed by atoms with Crippen molar-refractivity contribution in [2.24, 2.45) is 0 Å². The van der Waals surface area contributed by atoms with Gasteiger partial charge in [-0.25, -0.2) is 4.39 Å². The Morgan fingerprint density at radius 1 is 1.38 bits per heavy atom. The molecule has 0 saturated carbocycles. The van der Waals surface area contributed by atoms with E-state index in [-0.39, 0.29) is 11.3 Å². The standard InChI is InChI=1S/C10H8F4O2/c1-6-4-7(2-3-8(6)11)16-9(15)5-10(12,13)14/h2-4H,5H2,1H3. The van der Waals surface area contributed by atoms with E-state index in [1.807, 2.05) is 0 Å². The number of hydrogen-bond donors (Lipinski definition) is 0. The van der Waals surface area contributed by atoms with Gasteiger partial charge < -0.3 is 4.74 Å². The molecular weight excluding hydrogens is 228 g/mol. The third-order valence-corrected chi connectivity index (χ3v) is 1.71. The Morgan fingerprint density at radius 2 is 2.00 bits per heavy atom. The Balaban J connectivity index is 2.67. The average molecular weight is 236 g/mol. The van der Waals surface area contributed by atoms with Crippen LogP contribution in [-0.4, -0.2) is 12.1 Å². The molecular formula is C10H8F4O2. The van der Waals surface area contributed by atoms with Crippen molar-refractivity contribution in [3.63, 3.8) is 0 Å². The summed E-state index contributed by atoms with van der Waals surface area (Å²) < 4.78 is 52.6. The van der Waals surface area contributed by atoms with Crippen LogP contribution in [0.25, 0.3) is 0 Å². The van der Waals surface area contributed by atoms with Crippen LogP contribution in [-0.2, 0) is 4.79 Å². The fourth-order valence-electron chi connectivity index (χ4n) is 1.01. The number of hydrogen-bond acceptors (Lipinski definition) is 2. The van der Waals surface area contributed by atoms with E-state index in [9.17, 15) is 22.4 Å². The third kappa shape index (κ3) is 3.88. The van der Waals surface area contributed by atoms with E-state index in [1.165, 1.54) is 6.92 Å². The molecule has 1 aromatic carbocycles. The number of carbonyl (C=O) groups excluding carboxylic acids is 1. The average Bonchev–Trinajstić information content (AvgIpc) is 2.08. The van der Waals surface area contributed by atoms with Gasteiger partial charge >= 0.3 is 12.1 Å². The van der Waals surface area contributed by atoms with E-state index < -0.39 is 24.4 Å². The molecule has 2 nitrogen and oxygen atoms in total. The van der Waals surface area contributed by atoms with Gasteiger partial charge in [-0.1, -0.05) is 0 Å². The van der Waals surface area contributed by atoms with E-state index in [2.05, 4.69) is 4.74 Å². The highest BCUT2D eigenvalue weighted by Crippen LogP contribution is 2.22. The Bertz CT molecular complexity index is 398. The minimum atomic E-state index is -4.61. The highest BCUT2D eigenvalue weighted by Gasteiger charge is 2.32. The summed E-state index contributed by atoms with van der Waals surface area (Å²) in [7, 11) is 0. The number of carbonyl (C=O) groups is 1. The second-order valence-electron chi connectivity index (χ2n) is 3.18. The second-order valence-corrected chi connectivity index (χ2v) is 3.18. The van der Waals surface area contributed by atoms with Crippen molar-refractivity contribution >= 4 is 5.97 Å². The van der Waals surface area contributed by atoms with Gasteiger partial charge in [-0.3, -0.25) is 4.79 Å². The number of alkyl halides is 3. The summed E-state index contributed by atoms with van der Waals surface area (Å²) in [6, 6.07) is 3.27. The Morgan fingerprint density at radius 3 is 2.50 bits per heavy atom. The Kier molecular flexibility index (Phi) is 3.51. The number of halogens is 4. The van der Waals surface area contributed by atoms with Crippen molar-refractivity contribution in [2.45, 2.75) is 19.5 Å². The molecule has 0 saturated heterocycles. The van der Waals surface area contributed by atoms with Crippen molar-refractivity contribution < 1.29 is 27.1 Å². The van der Waals surface area contributed by atoms with E-state index in [0.29, 0.717) is 0 Å². The third-order valence-electron chi connectivity index (χ3n) is 1.71. The molecule has 1 rings (SSSR count). The maximum atomic E-state index is 12.8. The first-order valence-corrected chi connectivity index (χ1v) is 4.31. The molecule has 0 unspecified atom stereocenters. The molecule has 0 heterocycles. The minimum absolute atomic E-state index is 0.104. The highest BCUT2D eigenvalue weighted by molar-refractivity contribution is 5.73. The number of ether oxygens (including phenoxy) is 1. The molecule has 0 atom stereocenters. The summed E-state index contributed by atoms with van der Waals surface area (Å²) in [6.45, 7) is 1.41. The van der Waals surface area contributed by atoms with Gasteiger partial charge in [0.2, 0.25) is 0 Å². The van der Waals surface area contributed by atoms with Crippen LogP contribution in [0.4, 0.5) is 17.6 Å². The fourth-order valence-corrected chi connectivity index (χ4v) is 1.01. The van der Waals surface area contributed by atoms with E-state index >= 15 is 0 Å². The van der Waals surface area contributed by atoms with Crippen LogP contribution >= 0.6 is 0 Å². The topological polar surface area (TPSA) is 26.3 Å². The SMILES string of the molecule is Cc1cc(OC(=O)CC(F)(F)F)ccc1F. The molecule has 0 aliphatic carbocycles. The van der Waals surface area contributed by atoms with E-state index in [4.69, 9.17) is 0 Å². The molecule has 0 N–H and O–H groups in total. The van der Waals surface area contributed by atoms with E-state index in [0.717, 1.165) is 18.2 Å². The minimum Gasteiger partial charge on any atom is -0.426 e. The lowest BCUT2D eigenvalue weighted by Gasteiger charge is -2.07. The van der Waals surface area contributed by atoms with Crippen molar-refractivity contribution in [2.75, 3.05) is 0 Å². The van der Waals surface area contributed by atoms with Crippen LogP contribution in [0.15, 0.2) is 18.2 Å². The molecule has 0 amide bonds. The summed E-state index contributed by atoms with van der Waals surface area (Å²) in [5.41, 5.74) is 0.192. The predicted molar refractivity (Wildman–Crippen MR) is 47.4 cm³/mol. The number of rotatable bonds is 2. The van der Waals surface area contributed by atoms with Gasteiger partial charge in [-0.15, -0.1) is 0 Å². The van der Waals surface area contributed by atoms with Crippen LogP contribution in [0.3, 0.4) is 0 Å². The first kappa shape index (κ1) is 12.5. The lowest BCUT2D eigenvalue weighted by molar-refractivity contribution is -0.164. The van der Waals surface area contributed by atoms with Gasteiger partial charge in [0.25, 0.3) is 0 Å². The molecule has 0 radical (unpaired) electrons. The fraction of sp³-hybridized carbons (Fsp3) is 0.300. The summed E-state index contributed by atoms with van der Waals surface area (Å²) in [4.78, 5) is 10.8. The normalized spacial score (nSPS) is 11.3. The van der Waals surface area contributed by atoms with Crippen molar-refractivity contribution in [3.05, 3.63) is 29.6 Å². The number of esters is 1. The monoisotopic (exact) mass is 236 g/mol. The molecule has 0 bridgehead atoms. The first-order chi connectivity index (χ1) is 7.28. The quantitative estimate of drug-likeness (QED) is 0.448. The van der Waals surface area contributed by atoms with Crippen LogP contribution < -0.4 is 4.74 Å². The van der Waals surface area contributed by atoms with Gasteiger partial charge in [-0.2, -0.15) is 13.2 Å². The zero-order valence-corrected chi connectivity index (χ0v) is 8.27. The Labute approximate surface area is 88.8 Å². The van der Waals surface area contributed by atoms with Crippen LogP contribution in [0.1, 0.15) is 12.0 Å². The number of aryl methyl sites for hydroxylation is 1. The van der Waals surface area contributed by atoms with Crippen LogP contribution in [0.2, 0.25) is 0 Å². The van der Waals surface area contributed by atoms with Gasteiger partial charge in [-0.05, 0) is 30.7 Å². The summed E-state index contributed by atoms with van der Waals surface area (Å²) in [6.07, 6.45) is -6.27. The molecule has 6 heteroatoms. The first-order valence-electron chi connectivity index (χ1n) is 4.31. The second kappa shape index (κ2) is 4.51. The van der Waals surface area contributed by atoms with Gasteiger partial charge in [0.05, 0.1) is 0 Å². The molecule has 1 aromatic rings. The molecule has 0 spiro atoms. The lowest BCUT2D eigenvalue weighted by Crippen LogP contribution is -2.19. The van der Waals surface area contributed by atoms with Crippen molar-refractivity contribution in [1.82, 2.24) is 0 Å². The van der Waals surface area contributed by atoms with Gasteiger partial charge in [0, 0.05) is 0 Å². The van der Waals surface area contributed by atoms with Gasteiger partial charge in [0.15, 0.2) is 0 Å². The number of benzene rings is 1. The molecule has 0 aromatic heterocycles. The summed E-state index contributed by atoms with van der Waals surface area (Å²) >= 11 is 0. The molecule has 0 fully saturated rings. The Hall–Kier alpha value is -1.59. The largest absolute Gasteiger partial charge is 0.426 e. The van der Waals surface area contributed by atoms with Crippen molar-refractivity contribution in [1.29, 1.82) is 0 Å². The molecule has 0 aliphatic heterocycles. The zero-order chi connectivity index (χ0) is 12.3. The summed E-state index contributed by atoms with van der Waals surface area (Å²) in [5.74, 6) is -2.04. The molecule has 0 aliphatic rings. The summed E-state index contributed by atoms with van der Waals surface area (Å²) in [5, 5.41) is 0. The highest BCUT2D eigenvalue weighted by atomic mass is 19.4. The smallest absolute Gasteiger partial charge is 0.399 e. The maximum absolute atomic E-state index is 12.8. The van der Waals surface area contributed by atoms with Gasteiger partial charge in [0.1, 0.15) is 18.0 Å². The van der Waals surface area contributed by atoms with Crippen molar-refractivity contribution in [3.8, 4) is 5.75 Å². The lowest BCUT2D eigenvalue weighted by atomic mass is 10.2. The predicted octanol–water partition coefficient (Wildman–Crippen LogP) is 2.99. The maximum Gasteiger partial charge on any atom is 0.399 e. The van der Waals surface area contributed by atoms with Crippen LogP contribution in [0, 0.1) is 12.7 Å². The zero-order valence-electron chi connectivity index (χ0n) is 8.27. The molecule has 88 valence electrons. The van der Waals surface area contributed by atoms with E-state index in [1.54, 1.807) is 0 Å². The molecule has 16 heavy (non-hydrogen) atoms.